The molecule has 1 amide bonds. The number of alkyl halides is 3. The molecule has 2 aromatic rings. The van der Waals surface area contributed by atoms with Crippen LogP contribution in [0.4, 0.5) is 18.9 Å². The standard InChI is InChI=1S/C22H31N5O3.C2HF3O2/c1-5-27(25)22(28)20(26-17-10-7-15(8-11-17)21(23)24)16-9-12-18(30-14(3)4)19(13-16)29-6-2;3-2(4,5)1(6)7/h7-14,20,26H,5-6,25H2,1-4H3,(H3,23,24);(H,6,7). The van der Waals surface area contributed by atoms with Crippen LogP contribution in [0.3, 0.4) is 0 Å². The van der Waals surface area contributed by atoms with Crippen LogP contribution < -0.4 is 26.4 Å². The SMILES string of the molecule is CCOc1cc(C(Nc2ccc(C(=N)N)cc2)C(=O)N(N)CC)ccc1OC(C)C.O=C(O)C(F)(F)F. The first-order valence-electron chi connectivity index (χ1n) is 11.2. The van der Waals surface area contributed by atoms with E-state index < -0.39 is 18.2 Å². The lowest BCUT2D eigenvalue weighted by Gasteiger charge is -2.25. The minimum Gasteiger partial charge on any atom is -0.490 e. The van der Waals surface area contributed by atoms with Gasteiger partial charge in [-0.15, -0.1) is 0 Å². The number of amidine groups is 1. The first-order chi connectivity index (χ1) is 17.2. The molecule has 0 aliphatic carbocycles. The maximum atomic E-state index is 13.0. The van der Waals surface area contributed by atoms with Gasteiger partial charge in [0.1, 0.15) is 11.9 Å². The molecule has 0 spiro atoms. The molecule has 2 rings (SSSR count). The van der Waals surface area contributed by atoms with E-state index in [0.717, 1.165) is 0 Å². The van der Waals surface area contributed by atoms with Crippen molar-refractivity contribution in [3.8, 4) is 11.5 Å². The smallest absolute Gasteiger partial charge is 0.490 e. The van der Waals surface area contributed by atoms with Crippen LogP contribution in [-0.2, 0) is 9.59 Å². The number of hydrogen-bond donors (Lipinski definition) is 5. The van der Waals surface area contributed by atoms with Crippen LogP contribution in [0.15, 0.2) is 42.5 Å². The summed E-state index contributed by atoms with van der Waals surface area (Å²) in [7, 11) is 0. The molecule has 2 aromatic carbocycles. The monoisotopic (exact) mass is 527 g/mol. The van der Waals surface area contributed by atoms with Crippen LogP contribution in [0.2, 0.25) is 0 Å². The van der Waals surface area contributed by atoms with Crippen molar-refractivity contribution in [2.24, 2.45) is 11.6 Å². The summed E-state index contributed by atoms with van der Waals surface area (Å²) >= 11 is 0. The van der Waals surface area contributed by atoms with Crippen LogP contribution in [0, 0.1) is 5.41 Å². The van der Waals surface area contributed by atoms with E-state index in [1.807, 2.05) is 33.8 Å². The minimum atomic E-state index is -5.08. The third-order valence-corrected chi connectivity index (χ3v) is 4.58. The molecule has 0 bridgehead atoms. The van der Waals surface area contributed by atoms with Crippen molar-refractivity contribution >= 4 is 23.4 Å². The molecule has 0 heterocycles. The number of carbonyl (C=O) groups excluding carboxylic acids is 1. The van der Waals surface area contributed by atoms with Gasteiger partial charge in [0.05, 0.1) is 12.7 Å². The van der Waals surface area contributed by atoms with Crippen LogP contribution in [-0.4, -0.2) is 53.3 Å². The number of nitrogen functional groups attached to an aromatic ring is 1. The number of aliphatic carboxylic acids is 1. The Hall–Kier alpha value is -4.00. The van der Waals surface area contributed by atoms with Gasteiger partial charge in [0, 0.05) is 17.8 Å². The molecule has 7 N–H and O–H groups in total. The van der Waals surface area contributed by atoms with Gasteiger partial charge >= 0.3 is 12.1 Å². The van der Waals surface area contributed by atoms with Crippen molar-refractivity contribution in [2.45, 2.75) is 46.0 Å². The Morgan fingerprint density at radius 2 is 1.68 bits per heavy atom. The molecule has 0 radical (unpaired) electrons. The highest BCUT2D eigenvalue weighted by Crippen LogP contribution is 2.33. The Balaban J connectivity index is 0.000000856. The third kappa shape index (κ3) is 9.88. The number of ether oxygens (including phenoxy) is 2. The second kappa shape index (κ2) is 13.9. The van der Waals surface area contributed by atoms with Gasteiger partial charge in [0.25, 0.3) is 5.91 Å². The van der Waals surface area contributed by atoms with E-state index in [1.54, 1.807) is 36.4 Å². The highest BCUT2D eigenvalue weighted by Gasteiger charge is 2.38. The fraction of sp³-hybridized carbons (Fsp3) is 0.375. The van der Waals surface area contributed by atoms with Gasteiger partial charge in [-0.1, -0.05) is 6.07 Å². The van der Waals surface area contributed by atoms with Crippen molar-refractivity contribution in [1.82, 2.24) is 5.01 Å². The van der Waals surface area contributed by atoms with E-state index in [1.165, 1.54) is 5.01 Å². The molecule has 0 saturated carbocycles. The summed E-state index contributed by atoms with van der Waals surface area (Å²) < 4.78 is 43.3. The quantitative estimate of drug-likeness (QED) is 0.103. The molecule has 0 aliphatic rings. The number of halogens is 3. The van der Waals surface area contributed by atoms with E-state index in [0.29, 0.717) is 41.5 Å². The number of carboxylic acids is 1. The summed E-state index contributed by atoms with van der Waals surface area (Å²) in [5.74, 6) is 4.03. The molecule has 0 fully saturated rings. The Labute approximate surface area is 212 Å². The topological polar surface area (TPSA) is 164 Å². The predicted octanol–water partition coefficient (Wildman–Crippen LogP) is 3.67. The third-order valence-electron chi connectivity index (χ3n) is 4.58. The van der Waals surface area contributed by atoms with Crippen molar-refractivity contribution in [3.05, 3.63) is 53.6 Å². The first kappa shape index (κ1) is 31.0. The normalized spacial score (nSPS) is 11.6. The number of likely N-dealkylation sites (N-methyl/N-ethyl adjacent to an activating group) is 1. The fourth-order valence-electron chi connectivity index (χ4n) is 2.85. The summed E-state index contributed by atoms with van der Waals surface area (Å²) in [5, 5.41) is 19.0. The van der Waals surface area contributed by atoms with Crippen molar-refractivity contribution < 1.29 is 37.3 Å². The van der Waals surface area contributed by atoms with E-state index in [9.17, 15) is 18.0 Å². The average molecular weight is 528 g/mol. The lowest BCUT2D eigenvalue weighted by Crippen LogP contribution is -2.42. The van der Waals surface area contributed by atoms with E-state index >= 15 is 0 Å². The van der Waals surface area contributed by atoms with Gasteiger partial charge < -0.3 is 25.6 Å². The lowest BCUT2D eigenvalue weighted by atomic mass is 10.0. The molecular formula is C24H32F3N5O5. The Morgan fingerprint density at radius 1 is 1.11 bits per heavy atom. The molecule has 1 unspecified atom stereocenters. The number of benzene rings is 2. The van der Waals surface area contributed by atoms with Gasteiger partial charge in [0.2, 0.25) is 0 Å². The number of rotatable bonds is 10. The Morgan fingerprint density at radius 3 is 2.11 bits per heavy atom. The number of hydrazine groups is 1. The molecule has 0 aliphatic heterocycles. The first-order valence-corrected chi connectivity index (χ1v) is 11.2. The summed E-state index contributed by atoms with van der Waals surface area (Å²) in [6, 6.07) is 11.7. The van der Waals surface area contributed by atoms with Gasteiger partial charge in [-0.05, 0) is 69.7 Å². The molecule has 204 valence electrons. The number of nitrogens with two attached hydrogens (primary N) is 2. The molecule has 10 nitrogen and oxygen atoms in total. The number of nitrogens with zero attached hydrogens (tertiary/aromatic N) is 1. The fourth-order valence-corrected chi connectivity index (χ4v) is 2.85. The predicted molar refractivity (Wildman–Crippen MR) is 132 cm³/mol. The summed E-state index contributed by atoms with van der Waals surface area (Å²) in [5.41, 5.74) is 7.51. The second-order valence-electron chi connectivity index (χ2n) is 7.80. The number of amides is 1. The van der Waals surface area contributed by atoms with E-state index in [2.05, 4.69) is 5.32 Å². The Bertz CT molecular complexity index is 1060. The Kier molecular flexibility index (Phi) is 11.7. The van der Waals surface area contributed by atoms with Crippen LogP contribution >= 0.6 is 0 Å². The molecular weight excluding hydrogens is 495 g/mol. The summed E-state index contributed by atoms with van der Waals surface area (Å²) in [6.07, 6.45) is -5.09. The van der Waals surface area contributed by atoms with Crippen LogP contribution in [0.1, 0.15) is 44.9 Å². The van der Waals surface area contributed by atoms with Gasteiger partial charge in [0.15, 0.2) is 11.5 Å². The number of carbonyl (C=O) groups is 2. The molecule has 1 atom stereocenters. The van der Waals surface area contributed by atoms with E-state index in [-0.39, 0.29) is 17.8 Å². The number of carboxylic acid groups (broad SMARTS) is 1. The number of anilines is 1. The summed E-state index contributed by atoms with van der Waals surface area (Å²) in [4.78, 5) is 21.9. The minimum absolute atomic E-state index is 0.00924. The maximum Gasteiger partial charge on any atom is 0.490 e. The van der Waals surface area contributed by atoms with Gasteiger partial charge in [-0.2, -0.15) is 13.2 Å². The van der Waals surface area contributed by atoms with Crippen LogP contribution in [0.25, 0.3) is 0 Å². The van der Waals surface area contributed by atoms with Crippen molar-refractivity contribution in [3.63, 3.8) is 0 Å². The molecule has 37 heavy (non-hydrogen) atoms. The summed E-state index contributed by atoms with van der Waals surface area (Å²) in [6.45, 7) is 8.41. The largest absolute Gasteiger partial charge is 0.490 e. The van der Waals surface area contributed by atoms with Crippen molar-refractivity contribution in [1.29, 1.82) is 5.41 Å². The molecule has 13 heteroatoms. The molecule has 0 aromatic heterocycles. The van der Waals surface area contributed by atoms with Gasteiger partial charge in [-0.3, -0.25) is 15.2 Å². The zero-order valence-corrected chi connectivity index (χ0v) is 20.9. The highest BCUT2D eigenvalue weighted by atomic mass is 19.4. The number of hydrogen-bond acceptors (Lipinski definition) is 7. The van der Waals surface area contributed by atoms with E-state index in [4.69, 9.17) is 36.4 Å². The lowest BCUT2D eigenvalue weighted by molar-refractivity contribution is -0.192. The zero-order chi connectivity index (χ0) is 28.3. The maximum absolute atomic E-state index is 13.0. The number of nitrogens with one attached hydrogen (secondary N) is 2. The molecule has 0 saturated heterocycles. The van der Waals surface area contributed by atoms with Gasteiger partial charge in [-0.25, -0.2) is 10.6 Å². The highest BCUT2D eigenvalue weighted by molar-refractivity contribution is 5.95. The zero-order valence-electron chi connectivity index (χ0n) is 20.9. The van der Waals surface area contributed by atoms with Crippen LogP contribution in [0.5, 0.6) is 11.5 Å². The van der Waals surface area contributed by atoms with Crippen molar-refractivity contribution in [2.75, 3.05) is 18.5 Å². The second-order valence-corrected chi connectivity index (χ2v) is 7.80. The average Bonchev–Trinajstić information content (AvgIpc) is 2.82.